The van der Waals surface area contributed by atoms with Gasteiger partial charge in [0.2, 0.25) is 0 Å². The van der Waals surface area contributed by atoms with Crippen molar-refractivity contribution in [2.24, 2.45) is 5.92 Å². The van der Waals surface area contributed by atoms with E-state index in [-0.39, 0.29) is 12.1 Å². The van der Waals surface area contributed by atoms with Crippen LogP contribution in [0.15, 0.2) is 5.16 Å². The molecule has 0 amide bonds. The summed E-state index contributed by atoms with van der Waals surface area (Å²) in [5, 5.41) is 0.789. The Morgan fingerprint density at radius 1 is 1.27 bits per heavy atom. The molecule has 22 heavy (non-hydrogen) atoms. The summed E-state index contributed by atoms with van der Waals surface area (Å²) in [6, 6.07) is 0. The molecule has 2 atom stereocenters. The first kappa shape index (κ1) is 17.3. The van der Waals surface area contributed by atoms with Crippen molar-refractivity contribution in [1.29, 1.82) is 0 Å². The quantitative estimate of drug-likeness (QED) is 0.468. The van der Waals surface area contributed by atoms with Crippen molar-refractivity contribution in [2.75, 3.05) is 6.26 Å². The summed E-state index contributed by atoms with van der Waals surface area (Å²) in [5.41, 5.74) is 3.01. The van der Waals surface area contributed by atoms with E-state index in [2.05, 4.69) is 16.9 Å². The van der Waals surface area contributed by atoms with Crippen LogP contribution in [0.1, 0.15) is 56.0 Å². The summed E-state index contributed by atoms with van der Waals surface area (Å²) >= 11 is 1.54. The standard InChI is InChI=1S/C17H26N2O2S/c1-11-6-5-7-14(10-11)21-16(20)9-8-15-12(2)18-17(22-4)19-13(15)3/h11,14H,5-10H2,1-4H3. The van der Waals surface area contributed by atoms with Crippen LogP contribution in [0.25, 0.3) is 0 Å². The summed E-state index contributed by atoms with van der Waals surface area (Å²) in [6.45, 7) is 6.20. The fourth-order valence-electron chi connectivity index (χ4n) is 3.12. The minimum atomic E-state index is -0.0909. The van der Waals surface area contributed by atoms with Gasteiger partial charge in [0.1, 0.15) is 6.10 Å². The van der Waals surface area contributed by atoms with Gasteiger partial charge in [-0.2, -0.15) is 0 Å². The molecule has 122 valence electrons. The largest absolute Gasteiger partial charge is 0.462 e. The van der Waals surface area contributed by atoms with Gasteiger partial charge in [-0.1, -0.05) is 25.1 Å². The number of rotatable bonds is 5. The number of nitrogens with zero attached hydrogens (tertiary/aromatic N) is 2. The van der Waals surface area contributed by atoms with Crippen LogP contribution in [-0.2, 0) is 16.0 Å². The second-order valence-electron chi connectivity index (χ2n) is 6.24. The highest BCUT2D eigenvalue weighted by molar-refractivity contribution is 7.98. The maximum Gasteiger partial charge on any atom is 0.306 e. The lowest BCUT2D eigenvalue weighted by Crippen LogP contribution is -2.24. The van der Waals surface area contributed by atoms with Gasteiger partial charge in [0.25, 0.3) is 0 Å². The molecule has 0 saturated heterocycles. The normalized spacial score (nSPS) is 21.6. The first-order valence-electron chi connectivity index (χ1n) is 8.07. The van der Waals surface area contributed by atoms with Gasteiger partial charge in [-0.3, -0.25) is 4.79 Å². The minimum absolute atomic E-state index is 0.0909. The Labute approximate surface area is 137 Å². The predicted octanol–water partition coefficient (Wildman–Crippen LogP) is 3.87. The molecule has 1 aliphatic carbocycles. The minimum Gasteiger partial charge on any atom is -0.462 e. The average molecular weight is 322 g/mol. The van der Waals surface area contributed by atoms with E-state index in [4.69, 9.17) is 4.74 Å². The van der Waals surface area contributed by atoms with Crippen molar-refractivity contribution in [3.8, 4) is 0 Å². The van der Waals surface area contributed by atoms with Crippen molar-refractivity contribution >= 4 is 17.7 Å². The Balaban J connectivity index is 1.88. The fraction of sp³-hybridized carbons (Fsp3) is 0.706. The van der Waals surface area contributed by atoms with E-state index in [0.29, 0.717) is 18.8 Å². The van der Waals surface area contributed by atoms with Gasteiger partial charge in [-0.15, -0.1) is 0 Å². The Morgan fingerprint density at radius 2 is 1.95 bits per heavy atom. The molecule has 1 heterocycles. The van der Waals surface area contributed by atoms with Crippen LogP contribution in [0.4, 0.5) is 0 Å². The average Bonchev–Trinajstić information content (AvgIpc) is 2.46. The zero-order chi connectivity index (χ0) is 16.1. The second-order valence-corrected chi connectivity index (χ2v) is 7.02. The van der Waals surface area contributed by atoms with Crippen LogP contribution in [0, 0.1) is 19.8 Å². The van der Waals surface area contributed by atoms with E-state index in [9.17, 15) is 4.79 Å². The van der Waals surface area contributed by atoms with Crippen LogP contribution in [0.2, 0.25) is 0 Å². The molecule has 1 aromatic rings. The third kappa shape index (κ3) is 4.70. The molecule has 0 aromatic carbocycles. The first-order chi connectivity index (χ1) is 10.5. The smallest absolute Gasteiger partial charge is 0.306 e. The zero-order valence-corrected chi connectivity index (χ0v) is 14.8. The van der Waals surface area contributed by atoms with Gasteiger partial charge in [-0.25, -0.2) is 9.97 Å². The van der Waals surface area contributed by atoms with E-state index in [1.165, 1.54) is 24.6 Å². The van der Waals surface area contributed by atoms with Crippen molar-refractivity contribution in [1.82, 2.24) is 9.97 Å². The summed E-state index contributed by atoms with van der Waals surface area (Å²) in [5.74, 6) is 0.579. The highest BCUT2D eigenvalue weighted by Crippen LogP contribution is 2.26. The number of ether oxygens (including phenoxy) is 1. The molecular formula is C17H26N2O2S. The topological polar surface area (TPSA) is 52.1 Å². The summed E-state index contributed by atoms with van der Waals surface area (Å²) < 4.78 is 5.62. The molecule has 1 saturated carbocycles. The number of esters is 1. The number of hydrogen-bond donors (Lipinski definition) is 0. The predicted molar refractivity (Wildman–Crippen MR) is 89.1 cm³/mol. The Morgan fingerprint density at radius 3 is 2.55 bits per heavy atom. The van der Waals surface area contributed by atoms with E-state index in [1.807, 2.05) is 20.1 Å². The second kappa shape index (κ2) is 7.95. The molecule has 0 bridgehead atoms. The van der Waals surface area contributed by atoms with Crippen LogP contribution >= 0.6 is 11.8 Å². The molecule has 1 aromatic heterocycles. The number of aromatic nitrogens is 2. The molecule has 0 aliphatic heterocycles. The fourth-order valence-corrected chi connectivity index (χ4v) is 3.58. The molecule has 4 nitrogen and oxygen atoms in total. The highest BCUT2D eigenvalue weighted by Gasteiger charge is 2.22. The van der Waals surface area contributed by atoms with Crippen molar-refractivity contribution in [3.63, 3.8) is 0 Å². The van der Waals surface area contributed by atoms with Crippen LogP contribution in [-0.4, -0.2) is 28.3 Å². The van der Waals surface area contributed by atoms with Crippen molar-refractivity contribution in [2.45, 2.75) is 70.6 Å². The van der Waals surface area contributed by atoms with E-state index >= 15 is 0 Å². The zero-order valence-electron chi connectivity index (χ0n) is 14.0. The maximum absolute atomic E-state index is 12.1. The summed E-state index contributed by atoms with van der Waals surface area (Å²) in [4.78, 5) is 21.0. The highest BCUT2D eigenvalue weighted by atomic mass is 32.2. The Bertz CT molecular complexity index is 510. The monoisotopic (exact) mass is 322 g/mol. The van der Waals surface area contributed by atoms with E-state index < -0.39 is 0 Å². The maximum atomic E-state index is 12.1. The summed E-state index contributed by atoms with van der Waals surface area (Å²) in [6.07, 6.45) is 7.61. The van der Waals surface area contributed by atoms with Crippen molar-refractivity contribution < 1.29 is 9.53 Å². The van der Waals surface area contributed by atoms with Gasteiger partial charge < -0.3 is 4.74 Å². The van der Waals surface area contributed by atoms with Crippen LogP contribution in [0.5, 0.6) is 0 Å². The number of carbonyl (C=O) groups is 1. The first-order valence-corrected chi connectivity index (χ1v) is 9.29. The molecule has 2 rings (SSSR count). The third-order valence-corrected chi connectivity index (χ3v) is 4.90. The van der Waals surface area contributed by atoms with Crippen molar-refractivity contribution in [3.05, 3.63) is 17.0 Å². The van der Waals surface area contributed by atoms with Crippen LogP contribution in [0.3, 0.4) is 0 Å². The lowest BCUT2D eigenvalue weighted by molar-refractivity contribution is -0.151. The lowest BCUT2D eigenvalue weighted by Gasteiger charge is -2.26. The lowest BCUT2D eigenvalue weighted by atomic mass is 9.89. The van der Waals surface area contributed by atoms with Gasteiger partial charge in [0, 0.05) is 17.8 Å². The Kier molecular flexibility index (Phi) is 6.24. The molecule has 1 fully saturated rings. The number of carbonyl (C=O) groups excluding carboxylic acids is 1. The molecular weight excluding hydrogens is 296 g/mol. The number of aryl methyl sites for hydroxylation is 2. The summed E-state index contributed by atoms with van der Waals surface area (Å²) in [7, 11) is 0. The van der Waals surface area contributed by atoms with E-state index in [1.54, 1.807) is 0 Å². The Hall–Kier alpha value is -1.10. The van der Waals surface area contributed by atoms with Gasteiger partial charge >= 0.3 is 5.97 Å². The molecule has 0 N–H and O–H groups in total. The molecule has 1 aliphatic rings. The van der Waals surface area contributed by atoms with Crippen LogP contribution < -0.4 is 0 Å². The number of hydrogen-bond acceptors (Lipinski definition) is 5. The van der Waals surface area contributed by atoms with E-state index in [0.717, 1.165) is 34.9 Å². The van der Waals surface area contributed by atoms with Gasteiger partial charge in [0.05, 0.1) is 0 Å². The van der Waals surface area contributed by atoms with Gasteiger partial charge in [-0.05, 0) is 57.3 Å². The third-order valence-electron chi connectivity index (χ3n) is 4.35. The molecule has 0 radical (unpaired) electrons. The molecule has 2 unspecified atom stereocenters. The number of thioether (sulfide) groups is 1. The van der Waals surface area contributed by atoms with Gasteiger partial charge in [0.15, 0.2) is 5.16 Å². The molecule has 5 heteroatoms. The SMILES string of the molecule is CSc1nc(C)c(CCC(=O)OC2CCCC(C)C2)c(C)n1. The molecule has 0 spiro atoms.